The number of rotatable bonds is 12. The monoisotopic (exact) mass is 454 g/mol. The first-order valence-corrected chi connectivity index (χ1v) is 14.5. The van der Waals surface area contributed by atoms with Crippen molar-refractivity contribution in [2.45, 2.75) is 48.1 Å². The van der Waals surface area contributed by atoms with E-state index >= 15 is 0 Å². The van der Waals surface area contributed by atoms with E-state index in [4.69, 9.17) is 41.7 Å². The lowest BCUT2D eigenvalue weighted by Gasteiger charge is -2.26. The zero-order chi connectivity index (χ0) is 22.0. The molecule has 0 aliphatic carbocycles. The van der Waals surface area contributed by atoms with E-state index in [9.17, 15) is 0 Å². The van der Waals surface area contributed by atoms with E-state index in [2.05, 4.69) is 8.85 Å². The van der Waals surface area contributed by atoms with Crippen LogP contribution in [0.3, 0.4) is 0 Å². The molecule has 0 bridgehead atoms. The lowest BCUT2D eigenvalue weighted by molar-refractivity contribution is -0.0247. The summed E-state index contributed by atoms with van der Waals surface area (Å²) in [5.74, 6) is 0. The molecule has 0 heterocycles. The van der Waals surface area contributed by atoms with E-state index in [0.29, 0.717) is 26.4 Å². The normalized spacial score (nSPS) is 12.0. The van der Waals surface area contributed by atoms with Crippen molar-refractivity contribution in [3.8, 4) is 0 Å². The zero-order valence-corrected chi connectivity index (χ0v) is 20.4. The minimum absolute atomic E-state index is 0.263. The highest BCUT2D eigenvalue weighted by Crippen LogP contribution is 2.11. The Morgan fingerprint density at radius 1 is 0.481 bits per heavy atom. The van der Waals surface area contributed by atoms with Crippen LogP contribution in [0.1, 0.15) is 41.5 Å². The Hall–Kier alpha value is 0.211. The molecular weight excluding hydrogens is 416 g/mol. The van der Waals surface area contributed by atoms with Crippen molar-refractivity contribution in [2.24, 2.45) is 0 Å². The van der Waals surface area contributed by atoms with E-state index in [1.54, 1.807) is 13.8 Å². The number of hydrogen-bond acceptors (Lipinski definition) is 11. The molecule has 11 nitrogen and oxygen atoms in total. The van der Waals surface area contributed by atoms with Crippen molar-refractivity contribution in [3.63, 3.8) is 0 Å². The first kappa shape index (κ1) is 31.9. The van der Waals surface area contributed by atoms with Gasteiger partial charge in [0.15, 0.2) is 0 Å². The molecule has 0 rings (SSSR count). The lowest BCUT2D eigenvalue weighted by Crippen LogP contribution is -2.49. The van der Waals surface area contributed by atoms with Gasteiger partial charge >= 0.3 is 26.9 Å². The van der Waals surface area contributed by atoms with Crippen LogP contribution >= 0.6 is 0 Å². The van der Waals surface area contributed by atoms with Gasteiger partial charge in [-0.3, -0.25) is 0 Å². The summed E-state index contributed by atoms with van der Waals surface area (Å²) in [6.45, 7) is 14.7. The van der Waals surface area contributed by atoms with Gasteiger partial charge in [0.1, 0.15) is 0 Å². The van der Waals surface area contributed by atoms with Gasteiger partial charge in [-0.2, -0.15) is 0 Å². The van der Waals surface area contributed by atoms with Gasteiger partial charge in [-0.15, -0.1) is 0 Å². The molecule has 0 atom stereocenters. The highest BCUT2D eigenvalue weighted by molar-refractivity contribution is 6.54. The summed E-state index contributed by atoms with van der Waals surface area (Å²) in [5, 5.41) is 0. The summed E-state index contributed by atoms with van der Waals surface area (Å²) in [6, 6.07) is 0. The molecule has 0 radical (unpaired) electrons. The van der Waals surface area contributed by atoms with Crippen LogP contribution < -0.4 is 0 Å². The quantitative estimate of drug-likeness (QED) is 0.244. The predicted molar refractivity (Wildman–Crippen MR) is 104 cm³/mol. The molecule has 5 N–H and O–H groups in total. The Bertz CT molecular complexity index is 273. The topological polar surface area (TPSA) is 157 Å². The molecular formula is C13H38O11Si3. The molecule has 0 aliphatic heterocycles. The van der Waals surface area contributed by atoms with Gasteiger partial charge in [-0.1, -0.05) is 0 Å². The van der Waals surface area contributed by atoms with Crippen LogP contribution in [0.15, 0.2) is 0 Å². The fourth-order valence-electron chi connectivity index (χ4n) is 1.37. The van der Waals surface area contributed by atoms with Crippen molar-refractivity contribution < 1.29 is 50.5 Å². The molecule has 0 aromatic heterocycles. The fraction of sp³-hybridized carbons (Fsp3) is 1.00. The van der Waals surface area contributed by atoms with Crippen molar-refractivity contribution in [3.05, 3.63) is 0 Å². The molecule has 0 saturated carbocycles. The molecule has 0 aliphatic rings. The van der Waals surface area contributed by atoms with Gasteiger partial charge in [-0.25, -0.2) is 0 Å². The molecule has 0 spiro atoms. The average Bonchev–Trinajstić information content (AvgIpc) is 2.47. The van der Waals surface area contributed by atoms with E-state index in [0.717, 1.165) is 6.55 Å². The maximum absolute atomic E-state index is 8.76. The first-order valence-electron chi connectivity index (χ1n) is 8.82. The second-order valence-corrected chi connectivity index (χ2v) is 10.4. The summed E-state index contributed by atoms with van der Waals surface area (Å²) >= 11 is 0. The molecule has 0 aromatic carbocycles. The van der Waals surface area contributed by atoms with E-state index in [1.807, 2.05) is 27.7 Å². The Balaban J connectivity index is -0.000000356. The molecule has 0 fully saturated rings. The molecule has 0 aromatic rings. The third kappa shape index (κ3) is 26.2. The van der Waals surface area contributed by atoms with Crippen LogP contribution in [0.4, 0.5) is 0 Å². The summed E-state index contributed by atoms with van der Waals surface area (Å²) in [6.07, 6.45) is 0. The minimum Gasteiger partial charge on any atom is -0.390 e. The predicted octanol–water partition coefficient (Wildman–Crippen LogP) is -0.420. The smallest absolute Gasteiger partial charge is 0.390 e. The van der Waals surface area contributed by atoms with Crippen LogP contribution in [-0.4, -0.2) is 90.5 Å². The van der Waals surface area contributed by atoms with Gasteiger partial charge in [0.25, 0.3) is 0 Å². The molecule has 0 unspecified atom stereocenters. The van der Waals surface area contributed by atoms with Crippen LogP contribution in [0, 0.1) is 0 Å². The van der Waals surface area contributed by atoms with Crippen molar-refractivity contribution >= 4 is 26.9 Å². The summed E-state index contributed by atoms with van der Waals surface area (Å²) in [5.41, 5.74) is 0. The Kier molecular flexibility index (Phi) is 21.6. The molecule has 27 heavy (non-hydrogen) atoms. The van der Waals surface area contributed by atoms with Gasteiger partial charge in [0, 0.05) is 46.2 Å². The van der Waals surface area contributed by atoms with Gasteiger partial charge in [-0.05, 0) is 41.5 Å². The Morgan fingerprint density at radius 3 is 0.815 bits per heavy atom. The highest BCUT2D eigenvalue weighted by Gasteiger charge is 2.44. The Morgan fingerprint density at radius 2 is 0.667 bits per heavy atom. The summed E-state index contributed by atoms with van der Waals surface area (Å²) in [7, 11) is -10.1. The standard InChI is InChI=1S/C8H20O4Si.C4H12O4Si.CH6O3Si/c1-5-9-13(10-6-2,11-7-3)12-8-4;1-3-7-9(5,6)8-4-2;1-5(2,3)4/h5-8H2,1-4H3;5-6H,3-4H2,1-2H3;2-4H,1H3. The third-order valence-electron chi connectivity index (χ3n) is 1.95. The lowest BCUT2D eigenvalue weighted by atomic mass is 10.9. The first-order chi connectivity index (χ1) is 12.4. The minimum atomic E-state index is -3.70. The zero-order valence-electron chi connectivity index (χ0n) is 17.4. The second-order valence-electron chi connectivity index (χ2n) is 4.62. The molecule has 168 valence electrons. The molecule has 14 heteroatoms. The van der Waals surface area contributed by atoms with Gasteiger partial charge < -0.3 is 50.5 Å². The molecule has 0 amide bonds. The maximum atomic E-state index is 8.76. The maximum Gasteiger partial charge on any atom is 0.679 e. The second kappa shape index (κ2) is 18.3. The van der Waals surface area contributed by atoms with Crippen LogP contribution in [0.25, 0.3) is 0 Å². The summed E-state index contributed by atoms with van der Waals surface area (Å²) in [4.78, 5) is 40.8. The molecule has 0 saturated heterocycles. The van der Waals surface area contributed by atoms with Gasteiger partial charge in [0.05, 0.1) is 0 Å². The van der Waals surface area contributed by atoms with E-state index in [1.165, 1.54) is 0 Å². The van der Waals surface area contributed by atoms with Crippen LogP contribution in [0.2, 0.25) is 6.55 Å². The largest absolute Gasteiger partial charge is 0.679 e. The van der Waals surface area contributed by atoms with Crippen LogP contribution in [-0.2, 0) is 26.6 Å². The average molecular weight is 455 g/mol. The van der Waals surface area contributed by atoms with Crippen LogP contribution in [0.5, 0.6) is 0 Å². The highest BCUT2D eigenvalue weighted by atomic mass is 28.4. The van der Waals surface area contributed by atoms with E-state index < -0.39 is 26.9 Å². The van der Waals surface area contributed by atoms with Crippen molar-refractivity contribution in [1.82, 2.24) is 0 Å². The van der Waals surface area contributed by atoms with Crippen molar-refractivity contribution in [2.75, 3.05) is 39.6 Å². The SMILES string of the molecule is CCO[Si](O)(O)OCC.CCO[Si](OCC)(OCC)OCC.C[Si](O)(O)O. The van der Waals surface area contributed by atoms with E-state index in [-0.39, 0.29) is 13.2 Å². The third-order valence-corrected chi connectivity index (χ3v) is 5.85. The number of hydrogen-bond donors (Lipinski definition) is 5. The Labute approximate surface area is 165 Å². The summed E-state index contributed by atoms with van der Waals surface area (Å²) < 4.78 is 30.7. The fourth-order valence-corrected chi connectivity index (χ4v) is 4.12. The van der Waals surface area contributed by atoms with Gasteiger partial charge in [0.2, 0.25) is 0 Å². The van der Waals surface area contributed by atoms with Crippen molar-refractivity contribution in [1.29, 1.82) is 0 Å².